The second-order valence-electron chi connectivity index (χ2n) is 2.83. The molecule has 0 saturated heterocycles. The Morgan fingerprint density at radius 3 is 2.86 bits per heavy atom. The Labute approximate surface area is 82.9 Å². The Bertz CT molecular complexity index is 344. The van der Waals surface area contributed by atoms with Gasteiger partial charge in [-0.05, 0) is 30.7 Å². The monoisotopic (exact) mass is 193 g/mol. The minimum Gasteiger partial charge on any atom is -0.481 e. The van der Waals surface area contributed by atoms with Gasteiger partial charge in [0.25, 0.3) is 0 Å². The Kier molecular flexibility index (Phi) is 3.96. The summed E-state index contributed by atoms with van der Waals surface area (Å²) in [4.78, 5) is 0. The van der Waals surface area contributed by atoms with Gasteiger partial charge < -0.3 is 10.5 Å². The maximum atomic E-state index is 13.0. The summed E-state index contributed by atoms with van der Waals surface area (Å²) in [5.74, 6) is 2.44. The van der Waals surface area contributed by atoms with Crippen LogP contribution in [0.5, 0.6) is 5.75 Å². The zero-order valence-corrected chi connectivity index (χ0v) is 7.79. The number of nitrogens with two attached hydrogens (primary N) is 1. The van der Waals surface area contributed by atoms with Gasteiger partial charge in [0, 0.05) is 6.07 Å². The van der Waals surface area contributed by atoms with Gasteiger partial charge in [0.1, 0.15) is 18.2 Å². The molecule has 1 aromatic carbocycles. The van der Waals surface area contributed by atoms with Crippen molar-refractivity contribution in [3.8, 4) is 18.1 Å². The van der Waals surface area contributed by atoms with E-state index in [9.17, 15) is 4.39 Å². The molecule has 0 spiro atoms. The number of terminal acetylenes is 1. The quantitative estimate of drug-likeness (QED) is 0.732. The first-order chi connectivity index (χ1) is 6.76. The summed E-state index contributed by atoms with van der Waals surface area (Å²) >= 11 is 0. The number of hydrogen-bond acceptors (Lipinski definition) is 2. The Balaban J connectivity index is 2.79. The third-order valence-corrected chi connectivity index (χ3v) is 1.69. The first-order valence-electron chi connectivity index (χ1n) is 4.32. The van der Waals surface area contributed by atoms with Gasteiger partial charge >= 0.3 is 0 Å². The largest absolute Gasteiger partial charge is 0.481 e. The molecule has 0 aliphatic carbocycles. The van der Waals surface area contributed by atoms with Crippen molar-refractivity contribution in [2.45, 2.75) is 6.42 Å². The van der Waals surface area contributed by atoms with Crippen LogP contribution in [0.15, 0.2) is 18.2 Å². The molecule has 0 radical (unpaired) electrons. The van der Waals surface area contributed by atoms with Crippen molar-refractivity contribution in [3.05, 3.63) is 29.6 Å². The Morgan fingerprint density at radius 1 is 1.43 bits per heavy atom. The summed E-state index contributed by atoms with van der Waals surface area (Å²) in [7, 11) is 0. The summed E-state index contributed by atoms with van der Waals surface area (Å²) in [5.41, 5.74) is 6.18. The highest BCUT2D eigenvalue weighted by atomic mass is 19.1. The molecule has 0 saturated carbocycles. The number of ether oxygens (including phenoxy) is 1. The van der Waals surface area contributed by atoms with Crippen LogP contribution in [0.25, 0.3) is 0 Å². The Hall–Kier alpha value is -1.53. The SMILES string of the molecule is C#CCOc1cc(F)cc(CCN)c1. The van der Waals surface area contributed by atoms with Crippen LogP contribution in [0.3, 0.4) is 0 Å². The highest BCUT2D eigenvalue weighted by Gasteiger charge is 2.00. The fourth-order valence-electron chi connectivity index (χ4n) is 1.14. The van der Waals surface area contributed by atoms with Crippen LogP contribution in [0, 0.1) is 18.2 Å². The van der Waals surface area contributed by atoms with Crippen molar-refractivity contribution in [2.75, 3.05) is 13.2 Å². The molecule has 0 unspecified atom stereocenters. The average Bonchev–Trinajstić information content (AvgIpc) is 2.14. The summed E-state index contributed by atoms with van der Waals surface area (Å²) < 4.78 is 18.1. The van der Waals surface area contributed by atoms with Gasteiger partial charge in [-0.1, -0.05) is 5.92 Å². The molecule has 74 valence electrons. The lowest BCUT2D eigenvalue weighted by Crippen LogP contribution is -2.03. The maximum Gasteiger partial charge on any atom is 0.148 e. The highest BCUT2D eigenvalue weighted by molar-refractivity contribution is 5.30. The molecule has 1 aromatic rings. The van der Waals surface area contributed by atoms with Crippen LogP contribution in [0.1, 0.15) is 5.56 Å². The maximum absolute atomic E-state index is 13.0. The van der Waals surface area contributed by atoms with Gasteiger partial charge in [-0.2, -0.15) is 0 Å². The second kappa shape index (κ2) is 5.25. The summed E-state index contributed by atoms with van der Waals surface area (Å²) in [6.45, 7) is 0.629. The van der Waals surface area contributed by atoms with E-state index in [0.29, 0.717) is 18.7 Å². The molecule has 0 aliphatic rings. The molecule has 2 N–H and O–H groups in total. The first kappa shape index (κ1) is 10.6. The summed E-state index contributed by atoms with van der Waals surface area (Å²) in [6, 6.07) is 4.49. The molecule has 0 amide bonds. The van der Waals surface area contributed by atoms with Gasteiger partial charge in [-0.15, -0.1) is 6.42 Å². The predicted molar refractivity (Wildman–Crippen MR) is 53.5 cm³/mol. The predicted octanol–water partition coefficient (Wildman–Crippen LogP) is 1.34. The third kappa shape index (κ3) is 3.08. The molecular weight excluding hydrogens is 181 g/mol. The lowest BCUT2D eigenvalue weighted by Gasteiger charge is -2.05. The number of halogens is 1. The minimum atomic E-state index is -0.331. The van der Waals surface area contributed by atoms with Gasteiger partial charge in [0.05, 0.1) is 0 Å². The third-order valence-electron chi connectivity index (χ3n) is 1.69. The molecule has 2 nitrogen and oxygen atoms in total. The zero-order chi connectivity index (χ0) is 10.4. The number of benzene rings is 1. The van der Waals surface area contributed by atoms with E-state index in [1.54, 1.807) is 6.07 Å². The molecule has 0 heterocycles. The normalized spacial score (nSPS) is 9.50. The van der Waals surface area contributed by atoms with Crippen molar-refractivity contribution in [3.63, 3.8) is 0 Å². The lowest BCUT2D eigenvalue weighted by molar-refractivity contribution is 0.367. The van der Waals surface area contributed by atoms with Crippen molar-refractivity contribution >= 4 is 0 Å². The number of rotatable bonds is 4. The average molecular weight is 193 g/mol. The molecule has 14 heavy (non-hydrogen) atoms. The van der Waals surface area contributed by atoms with E-state index >= 15 is 0 Å². The second-order valence-corrected chi connectivity index (χ2v) is 2.83. The van der Waals surface area contributed by atoms with Crippen molar-refractivity contribution in [1.82, 2.24) is 0 Å². The minimum absolute atomic E-state index is 0.144. The van der Waals surface area contributed by atoms with E-state index in [1.807, 2.05) is 0 Å². The van der Waals surface area contributed by atoms with Crippen LogP contribution in [0.2, 0.25) is 0 Å². The fourth-order valence-corrected chi connectivity index (χ4v) is 1.14. The van der Waals surface area contributed by atoms with E-state index in [0.717, 1.165) is 5.56 Å². The first-order valence-corrected chi connectivity index (χ1v) is 4.32. The van der Waals surface area contributed by atoms with Gasteiger partial charge in [-0.25, -0.2) is 4.39 Å². The van der Waals surface area contributed by atoms with Crippen LogP contribution < -0.4 is 10.5 Å². The van der Waals surface area contributed by atoms with Gasteiger partial charge in [0.15, 0.2) is 0 Å². The van der Waals surface area contributed by atoms with Crippen molar-refractivity contribution in [2.24, 2.45) is 5.73 Å². The van der Waals surface area contributed by atoms with E-state index in [4.69, 9.17) is 16.9 Å². The molecule has 0 aliphatic heterocycles. The van der Waals surface area contributed by atoms with E-state index < -0.39 is 0 Å². The highest BCUT2D eigenvalue weighted by Crippen LogP contribution is 2.16. The smallest absolute Gasteiger partial charge is 0.148 e. The van der Waals surface area contributed by atoms with Crippen LogP contribution in [-0.4, -0.2) is 13.2 Å². The van der Waals surface area contributed by atoms with E-state index in [-0.39, 0.29) is 12.4 Å². The molecule has 0 fully saturated rings. The van der Waals surface area contributed by atoms with Crippen LogP contribution in [0.4, 0.5) is 4.39 Å². The molecular formula is C11H12FNO. The van der Waals surface area contributed by atoms with Crippen LogP contribution in [-0.2, 0) is 6.42 Å². The molecule has 0 aromatic heterocycles. The standard InChI is InChI=1S/C11H12FNO/c1-2-5-14-11-7-9(3-4-13)6-10(12)8-11/h1,6-8H,3-5,13H2. The van der Waals surface area contributed by atoms with Crippen LogP contribution >= 0.6 is 0 Å². The topological polar surface area (TPSA) is 35.2 Å². The zero-order valence-electron chi connectivity index (χ0n) is 7.79. The molecule has 0 atom stereocenters. The fraction of sp³-hybridized carbons (Fsp3) is 0.273. The molecule has 1 rings (SSSR count). The van der Waals surface area contributed by atoms with Gasteiger partial charge in [-0.3, -0.25) is 0 Å². The molecule has 0 bridgehead atoms. The van der Waals surface area contributed by atoms with Crippen molar-refractivity contribution in [1.29, 1.82) is 0 Å². The summed E-state index contributed by atoms with van der Waals surface area (Å²) in [5, 5.41) is 0. The van der Waals surface area contributed by atoms with E-state index in [2.05, 4.69) is 5.92 Å². The summed E-state index contributed by atoms with van der Waals surface area (Å²) in [6.07, 6.45) is 5.65. The molecule has 3 heteroatoms. The lowest BCUT2D eigenvalue weighted by atomic mass is 10.1. The number of hydrogen-bond donors (Lipinski definition) is 1. The van der Waals surface area contributed by atoms with Crippen molar-refractivity contribution < 1.29 is 9.13 Å². The van der Waals surface area contributed by atoms with E-state index in [1.165, 1.54) is 12.1 Å². The Morgan fingerprint density at radius 2 is 2.21 bits per heavy atom. The van der Waals surface area contributed by atoms with Gasteiger partial charge in [0.2, 0.25) is 0 Å².